The molecule has 1 amide bonds. The zero-order valence-corrected chi connectivity index (χ0v) is 20.8. The summed E-state index contributed by atoms with van der Waals surface area (Å²) in [5, 5.41) is 0.380. The monoisotopic (exact) mass is 529 g/mol. The molecule has 0 aliphatic carbocycles. The first kappa shape index (κ1) is 25.0. The Morgan fingerprint density at radius 3 is 2.54 bits per heavy atom. The molecule has 3 aromatic rings. The van der Waals surface area contributed by atoms with Crippen molar-refractivity contribution < 1.29 is 27.4 Å². The van der Waals surface area contributed by atoms with Crippen molar-refractivity contribution >= 4 is 29.0 Å². The van der Waals surface area contributed by atoms with Gasteiger partial charge in [0.2, 0.25) is 0 Å². The molecule has 0 spiro atoms. The van der Waals surface area contributed by atoms with E-state index in [1.165, 1.54) is 13.2 Å². The zero-order chi connectivity index (χ0) is 26.3. The Hall–Kier alpha value is -3.72. The van der Waals surface area contributed by atoms with E-state index in [0.717, 1.165) is 12.1 Å². The van der Waals surface area contributed by atoms with Crippen molar-refractivity contribution in [3.8, 4) is 17.2 Å². The molecule has 0 radical (unpaired) electrons. The molecule has 10 heteroatoms. The maximum Gasteiger partial charge on any atom is 0.416 e. The molecule has 6 nitrogen and oxygen atoms in total. The quantitative estimate of drug-likeness (QED) is 0.385. The molecule has 2 aliphatic rings. The molecule has 192 valence electrons. The number of amidine groups is 1. The summed E-state index contributed by atoms with van der Waals surface area (Å²) in [7, 11) is 1.53. The lowest BCUT2D eigenvalue weighted by molar-refractivity contribution is -0.137. The summed E-state index contributed by atoms with van der Waals surface area (Å²) in [6.45, 7) is 3.10. The molecule has 0 N–H and O–H groups in total. The van der Waals surface area contributed by atoms with Gasteiger partial charge in [-0.2, -0.15) is 13.2 Å². The summed E-state index contributed by atoms with van der Waals surface area (Å²) in [5.41, 5.74) is 0.266. The summed E-state index contributed by atoms with van der Waals surface area (Å²) in [6, 6.07) is 15.1. The summed E-state index contributed by atoms with van der Waals surface area (Å²) >= 11 is 6.25. The van der Waals surface area contributed by atoms with Crippen LogP contribution >= 0.6 is 11.6 Å². The first-order chi connectivity index (χ1) is 17.7. The second-order valence-corrected chi connectivity index (χ2v) is 9.26. The first-order valence-electron chi connectivity index (χ1n) is 11.6. The number of benzene rings is 3. The van der Waals surface area contributed by atoms with E-state index < -0.39 is 11.7 Å². The topological polar surface area (TPSA) is 54.4 Å². The van der Waals surface area contributed by atoms with Crippen molar-refractivity contribution in [2.75, 3.05) is 26.7 Å². The molecule has 0 unspecified atom stereocenters. The van der Waals surface area contributed by atoms with E-state index in [0.29, 0.717) is 53.1 Å². The lowest BCUT2D eigenvalue weighted by atomic mass is 10.1. The fourth-order valence-corrected chi connectivity index (χ4v) is 4.76. The average molecular weight is 530 g/mol. The highest BCUT2D eigenvalue weighted by atomic mass is 35.5. The second kappa shape index (κ2) is 9.63. The van der Waals surface area contributed by atoms with E-state index >= 15 is 0 Å². The van der Waals surface area contributed by atoms with Crippen LogP contribution in [0.25, 0.3) is 0 Å². The van der Waals surface area contributed by atoms with Crippen LogP contribution in [0.5, 0.6) is 17.2 Å². The van der Waals surface area contributed by atoms with Gasteiger partial charge in [0.25, 0.3) is 5.91 Å². The van der Waals surface area contributed by atoms with Crippen LogP contribution in [0.3, 0.4) is 0 Å². The van der Waals surface area contributed by atoms with Gasteiger partial charge in [-0.25, -0.2) is 4.99 Å². The predicted molar refractivity (Wildman–Crippen MR) is 134 cm³/mol. The molecule has 2 aliphatic heterocycles. The molecule has 2 heterocycles. The molecule has 1 fully saturated rings. The van der Waals surface area contributed by atoms with Gasteiger partial charge in [0.15, 0.2) is 5.75 Å². The Balaban J connectivity index is 1.52. The number of carbonyl (C=O) groups excluding carboxylic acids is 1. The van der Waals surface area contributed by atoms with Gasteiger partial charge in [-0.3, -0.25) is 4.79 Å². The van der Waals surface area contributed by atoms with Crippen LogP contribution in [0.15, 0.2) is 65.7 Å². The number of fused-ring (bicyclic) bond motifs is 2. The minimum absolute atomic E-state index is 0.0715. The van der Waals surface area contributed by atoms with E-state index in [1.807, 2.05) is 11.8 Å². The molecular weight excluding hydrogens is 507 g/mol. The van der Waals surface area contributed by atoms with Gasteiger partial charge in [0.1, 0.15) is 23.0 Å². The highest BCUT2D eigenvalue weighted by molar-refractivity contribution is 6.33. The van der Waals surface area contributed by atoms with Gasteiger partial charge >= 0.3 is 6.18 Å². The Morgan fingerprint density at radius 2 is 1.84 bits per heavy atom. The smallest absolute Gasteiger partial charge is 0.416 e. The van der Waals surface area contributed by atoms with E-state index in [9.17, 15) is 18.0 Å². The summed E-state index contributed by atoms with van der Waals surface area (Å²) < 4.78 is 51.7. The molecule has 0 bridgehead atoms. The Morgan fingerprint density at radius 1 is 1.08 bits per heavy atom. The number of carbonyl (C=O) groups is 1. The summed E-state index contributed by atoms with van der Waals surface area (Å²) in [6.07, 6.45) is -4.52. The molecule has 1 saturated heterocycles. The van der Waals surface area contributed by atoms with Crippen LogP contribution in [0.4, 0.5) is 18.9 Å². The third-order valence-corrected chi connectivity index (χ3v) is 6.78. The molecule has 0 saturated carbocycles. The van der Waals surface area contributed by atoms with Crippen molar-refractivity contribution in [2.45, 2.75) is 19.1 Å². The van der Waals surface area contributed by atoms with Crippen molar-refractivity contribution in [3.05, 3.63) is 82.4 Å². The molecular formula is C27H23ClF3N3O3. The standard InChI is InChI=1S/C27H23ClF3N3O3/c1-16-15-33(11-12-34(16)26(35)19-5-3-4-6-21(19)28)25-20-14-18(36-2)8-10-23(20)37-24-9-7-17(27(29,30)31)13-22(24)32-25/h3-10,13-14,16H,11-12,15H2,1-2H3/t16-/m1/s1. The number of piperazine rings is 1. The summed E-state index contributed by atoms with van der Waals surface area (Å²) in [5.74, 6) is 1.49. The molecule has 37 heavy (non-hydrogen) atoms. The highest BCUT2D eigenvalue weighted by Gasteiger charge is 2.34. The van der Waals surface area contributed by atoms with Gasteiger partial charge in [-0.1, -0.05) is 23.7 Å². The van der Waals surface area contributed by atoms with Crippen LogP contribution in [0.2, 0.25) is 5.02 Å². The number of ether oxygens (including phenoxy) is 2. The van der Waals surface area contributed by atoms with Crippen LogP contribution < -0.4 is 9.47 Å². The molecule has 0 aromatic heterocycles. The van der Waals surface area contributed by atoms with Crippen LogP contribution in [-0.2, 0) is 6.18 Å². The van der Waals surface area contributed by atoms with E-state index in [2.05, 4.69) is 4.99 Å². The zero-order valence-electron chi connectivity index (χ0n) is 20.1. The number of hydrogen-bond donors (Lipinski definition) is 0. The third kappa shape index (κ3) is 4.83. The minimum Gasteiger partial charge on any atom is -0.497 e. The minimum atomic E-state index is -4.52. The maximum atomic E-state index is 13.4. The average Bonchev–Trinajstić information content (AvgIpc) is 3.03. The lowest BCUT2D eigenvalue weighted by Crippen LogP contribution is -2.55. The molecule has 3 aromatic carbocycles. The lowest BCUT2D eigenvalue weighted by Gasteiger charge is -2.41. The van der Waals surface area contributed by atoms with Gasteiger partial charge in [0.05, 0.1) is 28.8 Å². The van der Waals surface area contributed by atoms with Crippen molar-refractivity contribution in [3.63, 3.8) is 0 Å². The third-order valence-electron chi connectivity index (χ3n) is 6.45. The van der Waals surface area contributed by atoms with Gasteiger partial charge in [0, 0.05) is 25.7 Å². The number of hydrogen-bond acceptors (Lipinski definition) is 5. The molecule has 5 rings (SSSR count). The van der Waals surface area contributed by atoms with Gasteiger partial charge in [-0.05, 0) is 55.5 Å². The highest BCUT2D eigenvalue weighted by Crippen LogP contribution is 2.42. The van der Waals surface area contributed by atoms with Gasteiger partial charge < -0.3 is 19.3 Å². The van der Waals surface area contributed by atoms with Crippen molar-refractivity contribution in [1.29, 1.82) is 0 Å². The number of amides is 1. The number of aliphatic imine (C=N–C) groups is 1. The van der Waals surface area contributed by atoms with Crippen LogP contribution in [0.1, 0.15) is 28.4 Å². The number of halogens is 4. The fourth-order valence-electron chi connectivity index (χ4n) is 4.54. The normalized spacial score (nSPS) is 17.2. The van der Waals surface area contributed by atoms with Crippen molar-refractivity contribution in [1.82, 2.24) is 9.80 Å². The Labute approximate surface area is 216 Å². The van der Waals surface area contributed by atoms with Crippen LogP contribution in [-0.4, -0.2) is 54.3 Å². The number of alkyl halides is 3. The fraction of sp³-hybridized carbons (Fsp3) is 0.259. The van der Waals surface area contributed by atoms with Gasteiger partial charge in [-0.15, -0.1) is 0 Å². The second-order valence-electron chi connectivity index (χ2n) is 8.85. The summed E-state index contributed by atoms with van der Waals surface area (Å²) in [4.78, 5) is 21.6. The predicted octanol–water partition coefficient (Wildman–Crippen LogP) is 6.40. The van der Waals surface area contributed by atoms with E-state index in [1.54, 1.807) is 47.4 Å². The van der Waals surface area contributed by atoms with Crippen molar-refractivity contribution in [2.24, 2.45) is 4.99 Å². The largest absolute Gasteiger partial charge is 0.497 e. The number of rotatable bonds is 2. The molecule has 1 atom stereocenters. The first-order valence-corrected chi connectivity index (χ1v) is 12.0. The number of methoxy groups -OCH3 is 1. The van der Waals surface area contributed by atoms with E-state index in [-0.39, 0.29) is 23.4 Å². The Bertz CT molecular complexity index is 1390. The van der Waals surface area contributed by atoms with Crippen LogP contribution in [0, 0.1) is 0 Å². The number of nitrogens with zero attached hydrogens (tertiary/aromatic N) is 3. The SMILES string of the molecule is COc1ccc2c(c1)C(N1CCN(C(=O)c3ccccc3Cl)[C@H](C)C1)=Nc1cc(C(F)(F)F)ccc1O2. The van der Waals surface area contributed by atoms with E-state index in [4.69, 9.17) is 21.1 Å². The Kier molecular flexibility index (Phi) is 6.49. The maximum absolute atomic E-state index is 13.4.